The third-order valence-electron chi connectivity index (χ3n) is 18.2. The molecule has 0 unspecified atom stereocenters. The van der Waals surface area contributed by atoms with E-state index in [0.29, 0.717) is 22.5 Å². The summed E-state index contributed by atoms with van der Waals surface area (Å²) in [7, 11) is 0. The summed E-state index contributed by atoms with van der Waals surface area (Å²) >= 11 is 0. The van der Waals surface area contributed by atoms with Crippen LogP contribution in [0.15, 0.2) is 303 Å². The molecular weight excluding hydrogens is 1090 g/mol. The van der Waals surface area contributed by atoms with E-state index in [9.17, 15) is 5.48 Å². The predicted molar refractivity (Wildman–Crippen MR) is 385 cm³/mol. The number of benzene rings is 13. The third-order valence-corrected chi connectivity index (χ3v) is 18.2. The molecule has 2 aliphatic rings. The van der Waals surface area contributed by atoms with Crippen molar-refractivity contribution in [3.8, 4) is 72.4 Å². The summed E-state index contributed by atoms with van der Waals surface area (Å²) in [5.74, 6) is 0. The molecule has 16 rings (SSSR count). The van der Waals surface area contributed by atoms with Gasteiger partial charge < -0.3 is 14.4 Å². The van der Waals surface area contributed by atoms with Gasteiger partial charge in [0, 0.05) is 55.8 Å². The van der Waals surface area contributed by atoms with Gasteiger partial charge in [-0.1, -0.05) is 296 Å². The minimum absolute atomic E-state index is 0.0626. The largest absolute Gasteiger partial charge is 0.310 e. The molecule has 0 bridgehead atoms. The van der Waals surface area contributed by atoms with E-state index in [1.54, 1.807) is 0 Å². The second kappa shape index (κ2) is 21.6. The smallest absolute Gasteiger partial charge is 0.252 e. The molecule has 14 aromatic rings. The standard InChI is InChI=1S/C86H68BN3/c1-85(2,3)65-45-49-76-72(53-65)73-54-66(86(4,5)6)46-50-77(73)88(76)67-55-80-82-81(56-67)90(84-70(61-35-21-11-22-36-61)41-26-42-71(84)62-37-23-12-24-38-62)79-52-64(58-29-15-8-16-30-58)44-48-75(79)87(82)74-47-43-63(57-27-13-7-14-28-57)51-78(74)89(80)83-68(59-31-17-9-18-32-59)39-25-40-69(83)60-33-19-10-20-34-60/h7-56H,1-6H3/i7D,8D,13D,14D,15D,16D,27D,28D,29D,30D. The van der Waals surface area contributed by atoms with Gasteiger partial charge in [-0.15, -0.1) is 0 Å². The van der Waals surface area contributed by atoms with Crippen LogP contribution in [0.5, 0.6) is 0 Å². The van der Waals surface area contributed by atoms with Gasteiger partial charge in [-0.05, 0) is 131 Å². The summed E-state index contributed by atoms with van der Waals surface area (Å²) in [5.41, 5.74) is 20.5. The van der Waals surface area contributed by atoms with Gasteiger partial charge in [-0.3, -0.25) is 0 Å². The molecule has 4 heteroatoms. The Morgan fingerprint density at radius 2 is 0.667 bits per heavy atom. The van der Waals surface area contributed by atoms with Crippen LogP contribution >= 0.6 is 0 Å². The number of aromatic nitrogens is 1. The summed E-state index contributed by atoms with van der Waals surface area (Å²) < 4.78 is 94.3. The van der Waals surface area contributed by atoms with E-state index in [-0.39, 0.29) is 46.1 Å². The maximum absolute atomic E-state index is 9.55. The molecule has 0 atom stereocenters. The van der Waals surface area contributed by atoms with Crippen molar-refractivity contribution in [3.05, 3.63) is 314 Å². The van der Waals surface area contributed by atoms with Crippen molar-refractivity contribution < 1.29 is 13.7 Å². The van der Waals surface area contributed by atoms with Crippen LogP contribution in [0.2, 0.25) is 0 Å². The van der Waals surface area contributed by atoms with Gasteiger partial charge in [0.05, 0.1) is 41.8 Å². The Hall–Kier alpha value is -10.7. The third kappa shape index (κ3) is 9.20. The van der Waals surface area contributed by atoms with Gasteiger partial charge in [0.1, 0.15) is 0 Å². The Morgan fingerprint density at radius 3 is 1.01 bits per heavy atom. The lowest BCUT2D eigenvalue weighted by Crippen LogP contribution is -2.61. The molecule has 2 aliphatic heterocycles. The molecule has 1 aromatic heterocycles. The lowest BCUT2D eigenvalue weighted by molar-refractivity contribution is 0.590. The molecule has 0 aliphatic carbocycles. The van der Waals surface area contributed by atoms with E-state index in [4.69, 9.17) is 8.22 Å². The normalized spacial score (nSPS) is 14.3. The second-order valence-electron chi connectivity index (χ2n) is 25.7. The molecule has 430 valence electrons. The average molecular weight is 1160 g/mol. The van der Waals surface area contributed by atoms with Crippen molar-refractivity contribution in [2.45, 2.75) is 52.4 Å². The fourth-order valence-corrected chi connectivity index (χ4v) is 13.9. The summed E-state index contributed by atoms with van der Waals surface area (Å²) in [4.78, 5) is 4.73. The highest BCUT2D eigenvalue weighted by Crippen LogP contribution is 2.54. The van der Waals surface area contributed by atoms with Gasteiger partial charge in [-0.2, -0.15) is 0 Å². The minimum Gasteiger partial charge on any atom is -0.310 e. The SMILES string of the molecule is [2H]c1c([2H])c([2H])c(-c2ccc3c(c2)N(c2c(-c4ccccc4)cccc2-c2ccccc2)c2cc(-n4c5ccc(C(C)(C)C)cc5c5cc(C(C)(C)C)ccc54)cc4c2B3c2ccc(-c3c([2H])c([2H])c([2H])c([2H])c3[2H])cc2N4c2c(-c3ccccc3)cccc2-c2ccccc2)c([2H])c1[2H]. The van der Waals surface area contributed by atoms with Gasteiger partial charge in [0.15, 0.2) is 0 Å². The molecule has 0 radical (unpaired) electrons. The Kier molecular flexibility index (Phi) is 10.7. The van der Waals surface area contributed by atoms with Gasteiger partial charge >= 0.3 is 0 Å². The minimum atomic E-state index is -0.616. The van der Waals surface area contributed by atoms with E-state index < -0.39 is 43.0 Å². The summed E-state index contributed by atoms with van der Waals surface area (Å²) in [6, 6.07) is 80.6. The van der Waals surface area contributed by atoms with E-state index in [1.807, 2.05) is 97.1 Å². The first kappa shape index (κ1) is 44.7. The first-order valence-electron chi connectivity index (χ1n) is 35.9. The van der Waals surface area contributed by atoms with Crippen LogP contribution in [0.1, 0.15) is 66.4 Å². The van der Waals surface area contributed by atoms with Crippen LogP contribution in [0.25, 0.3) is 94.3 Å². The quantitative estimate of drug-likeness (QED) is 0.133. The van der Waals surface area contributed by atoms with E-state index in [0.717, 1.165) is 111 Å². The summed E-state index contributed by atoms with van der Waals surface area (Å²) in [6.07, 6.45) is 0. The van der Waals surface area contributed by atoms with Crippen LogP contribution in [-0.2, 0) is 10.8 Å². The zero-order valence-corrected chi connectivity index (χ0v) is 51.0. The highest BCUT2D eigenvalue weighted by atomic mass is 15.2. The maximum Gasteiger partial charge on any atom is 0.252 e. The zero-order valence-electron chi connectivity index (χ0n) is 61.0. The lowest BCUT2D eigenvalue weighted by atomic mass is 9.33. The molecule has 0 fully saturated rings. The van der Waals surface area contributed by atoms with Crippen LogP contribution in [0.3, 0.4) is 0 Å². The fraction of sp³-hybridized carbons (Fsp3) is 0.0930. The second-order valence-corrected chi connectivity index (χ2v) is 25.7. The topological polar surface area (TPSA) is 11.4 Å². The maximum atomic E-state index is 9.55. The van der Waals surface area contributed by atoms with Crippen LogP contribution < -0.4 is 26.2 Å². The fourth-order valence-electron chi connectivity index (χ4n) is 13.9. The van der Waals surface area contributed by atoms with Crippen molar-refractivity contribution in [2.75, 3.05) is 9.80 Å². The molecule has 0 saturated carbocycles. The number of anilines is 6. The van der Waals surface area contributed by atoms with Crippen molar-refractivity contribution in [1.82, 2.24) is 4.57 Å². The molecule has 13 aromatic carbocycles. The monoisotopic (exact) mass is 1160 g/mol. The van der Waals surface area contributed by atoms with Crippen molar-refractivity contribution in [2.24, 2.45) is 0 Å². The van der Waals surface area contributed by atoms with Crippen molar-refractivity contribution >= 4 is 79.0 Å². The Bertz CT molecular complexity index is 5190. The van der Waals surface area contributed by atoms with Crippen LogP contribution in [0.4, 0.5) is 34.1 Å². The van der Waals surface area contributed by atoms with E-state index in [2.05, 4.69) is 202 Å². The summed E-state index contributed by atoms with van der Waals surface area (Å²) in [6.45, 7) is 12.9. The molecule has 0 N–H and O–H groups in total. The number of rotatable bonds is 9. The van der Waals surface area contributed by atoms with Crippen molar-refractivity contribution in [1.29, 1.82) is 0 Å². The number of para-hydroxylation sites is 2. The van der Waals surface area contributed by atoms with Crippen molar-refractivity contribution in [3.63, 3.8) is 0 Å². The average Bonchev–Trinajstić information content (AvgIpc) is 0.756. The molecule has 0 spiro atoms. The Balaban J connectivity index is 1.14. The number of nitrogens with zero attached hydrogens (tertiary/aromatic N) is 3. The Labute approximate surface area is 543 Å². The highest BCUT2D eigenvalue weighted by Gasteiger charge is 2.46. The van der Waals surface area contributed by atoms with E-state index >= 15 is 0 Å². The van der Waals surface area contributed by atoms with Gasteiger partial charge in [-0.25, -0.2) is 0 Å². The van der Waals surface area contributed by atoms with Crippen LogP contribution in [-0.4, -0.2) is 11.3 Å². The Morgan fingerprint density at radius 1 is 0.311 bits per heavy atom. The van der Waals surface area contributed by atoms with Crippen LogP contribution in [0, 0.1) is 0 Å². The van der Waals surface area contributed by atoms with Gasteiger partial charge in [0.25, 0.3) is 6.71 Å². The predicted octanol–water partition coefficient (Wildman–Crippen LogP) is 21.5. The molecule has 0 amide bonds. The first-order chi connectivity index (χ1) is 48.1. The summed E-state index contributed by atoms with van der Waals surface area (Å²) in [5, 5.41) is 2.19. The molecule has 3 heterocycles. The number of hydrogen-bond donors (Lipinski definition) is 0. The molecular formula is C86H68BN3. The highest BCUT2D eigenvalue weighted by molar-refractivity contribution is 7.00. The first-order valence-corrected chi connectivity index (χ1v) is 30.9. The van der Waals surface area contributed by atoms with E-state index in [1.165, 1.54) is 11.1 Å². The van der Waals surface area contributed by atoms with Gasteiger partial charge in [0.2, 0.25) is 0 Å². The number of fused-ring (bicyclic) bond motifs is 7. The molecule has 3 nitrogen and oxygen atoms in total. The molecule has 90 heavy (non-hydrogen) atoms. The lowest BCUT2D eigenvalue weighted by Gasteiger charge is -2.46. The zero-order chi connectivity index (χ0) is 69.5. The number of hydrogen-bond acceptors (Lipinski definition) is 2. The molecule has 0 saturated heterocycles.